The van der Waals surface area contributed by atoms with Crippen LogP contribution in [0.4, 0.5) is 0 Å². The van der Waals surface area contributed by atoms with Gasteiger partial charge < -0.3 is 16.3 Å². The quantitative estimate of drug-likeness (QED) is 0.251. The van der Waals surface area contributed by atoms with Gasteiger partial charge in [0.05, 0.1) is 6.20 Å². The van der Waals surface area contributed by atoms with Crippen LogP contribution < -0.4 is 11.1 Å². The van der Waals surface area contributed by atoms with Crippen molar-refractivity contribution in [2.45, 2.75) is 20.4 Å². The molecular weight excluding hydrogens is 222 g/mol. The van der Waals surface area contributed by atoms with Crippen molar-refractivity contribution in [2.75, 3.05) is 0 Å². The van der Waals surface area contributed by atoms with Gasteiger partial charge in [0.2, 0.25) is 5.91 Å². The highest BCUT2D eigenvalue weighted by molar-refractivity contribution is 6.02. The van der Waals surface area contributed by atoms with E-state index in [1.807, 2.05) is 13.8 Å². The van der Waals surface area contributed by atoms with Crippen molar-refractivity contribution in [3.05, 3.63) is 18.0 Å². The molecule has 0 radical (unpaired) electrons. The van der Waals surface area contributed by atoms with Crippen molar-refractivity contribution in [2.24, 2.45) is 22.7 Å². The van der Waals surface area contributed by atoms with Crippen LogP contribution in [0.25, 0.3) is 0 Å². The third kappa shape index (κ3) is 3.47. The van der Waals surface area contributed by atoms with E-state index < -0.39 is 5.92 Å². The van der Waals surface area contributed by atoms with Crippen molar-refractivity contribution >= 4 is 11.7 Å². The second-order valence-electron chi connectivity index (χ2n) is 4.07. The number of carbonyl (C=O) groups is 1. The van der Waals surface area contributed by atoms with E-state index in [-0.39, 0.29) is 17.7 Å². The molecule has 1 heterocycles. The summed E-state index contributed by atoms with van der Waals surface area (Å²) in [5, 5.41) is 20.6. The van der Waals surface area contributed by atoms with Gasteiger partial charge in [-0.2, -0.15) is 5.10 Å². The van der Waals surface area contributed by atoms with E-state index in [4.69, 9.17) is 10.9 Å². The van der Waals surface area contributed by atoms with E-state index in [9.17, 15) is 4.79 Å². The van der Waals surface area contributed by atoms with E-state index >= 15 is 0 Å². The van der Waals surface area contributed by atoms with Crippen LogP contribution in [-0.2, 0) is 11.3 Å². The number of aromatic amines is 1. The van der Waals surface area contributed by atoms with E-state index in [0.29, 0.717) is 6.54 Å². The number of amides is 1. The zero-order valence-corrected chi connectivity index (χ0v) is 9.84. The fourth-order valence-electron chi connectivity index (χ4n) is 1.51. The Balaban J connectivity index is 2.60. The van der Waals surface area contributed by atoms with Gasteiger partial charge in [-0.05, 0) is 5.92 Å². The molecule has 5 N–H and O–H groups in total. The molecule has 0 spiro atoms. The molecule has 1 aromatic heterocycles. The molecule has 94 valence electrons. The third-order valence-electron chi connectivity index (χ3n) is 2.40. The molecule has 1 rings (SSSR count). The Morgan fingerprint density at radius 2 is 2.41 bits per heavy atom. The van der Waals surface area contributed by atoms with E-state index in [2.05, 4.69) is 20.7 Å². The first-order chi connectivity index (χ1) is 8.06. The smallest absolute Gasteiger partial charge is 0.231 e. The Morgan fingerprint density at radius 1 is 1.71 bits per heavy atom. The molecule has 7 heteroatoms. The minimum Gasteiger partial charge on any atom is -0.409 e. The average molecular weight is 239 g/mol. The maximum atomic E-state index is 11.9. The molecule has 0 aliphatic rings. The zero-order valence-electron chi connectivity index (χ0n) is 9.84. The van der Waals surface area contributed by atoms with Crippen LogP contribution in [0.5, 0.6) is 0 Å². The Labute approximate surface area is 99.1 Å². The first-order valence-corrected chi connectivity index (χ1v) is 5.29. The van der Waals surface area contributed by atoms with Crippen LogP contribution >= 0.6 is 0 Å². The summed E-state index contributed by atoms with van der Waals surface area (Å²) in [6.45, 7) is 4.03. The number of oxime groups is 1. The van der Waals surface area contributed by atoms with E-state index in [0.717, 1.165) is 5.56 Å². The molecule has 0 aliphatic carbocycles. The summed E-state index contributed by atoms with van der Waals surface area (Å²) in [5.74, 6) is -1.02. The van der Waals surface area contributed by atoms with Gasteiger partial charge in [0, 0.05) is 18.3 Å². The van der Waals surface area contributed by atoms with Gasteiger partial charge in [0.15, 0.2) is 5.84 Å². The van der Waals surface area contributed by atoms with Crippen molar-refractivity contribution in [1.82, 2.24) is 15.5 Å². The minimum atomic E-state index is -0.632. The molecule has 0 saturated carbocycles. The number of rotatable bonds is 5. The number of nitrogens with one attached hydrogen (secondary N) is 2. The highest BCUT2D eigenvalue weighted by Crippen LogP contribution is 2.11. The van der Waals surface area contributed by atoms with E-state index in [1.54, 1.807) is 12.4 Å². The lowest BCUT2D eigenvalue weighted by Gasteiger charge is -2.18. The van der Waals surface area contributed by atoms with Crippen molar-refractivity contribution in [1.29, 1.82) is 0 Å². The number of H-pyrrole nitrogens is 1. The molecule has 1 amide bonds. The van der Waals surface area contributed by atoms with Crippen molar-refractivity contribution in [3.63, 3.8) is 0 Å². The lowest BCUT2D eigenvalue weighted by Crippen LogP contribution is -2.41. The first-order valence-electron chi connectivity index (χ1n) is 5.29. The fourth-order valence-corrected chi connectivity index (χ4v) is 1.51. The van der Waals surface area contributed by atoms with Gasteiger partial charge in [0.25, 0.3) is 0 Å². The number of hydrogen-bond acceptors (Lipinski definition) is 4. The summed E-state index contributed by atoms with van der Waals surface area (Å²) < 4.78 is 0. The normalized spacial score (nSPS) is 13.7. The lowest BCUT2D eigenvalue weighted by molar-refractivity contribution is -0.124. The molecule has 0 saturated heterocycles. The first kappa shape index (κ1) is 13.0. The minimum absolute atomic E-state index is 0.0461. The largest absolute Gasteiger partial charge is 0.409 e. The number of aromatic nitrogens is 2. The van der Waals surface area contributed by atoms with Gasteiger partial charge in [-0.1, -0.05) is 19.0 Å². The summed E-state index contributed by atoms with van der Waals surface area (Å²) in [5.41, 5.74) is 6.35. The van der Waals surface area contributed by atoms with Gasteiger partial charge in [0.1, 0.15) is 5.92 Å². The molecule has 0 bridgehead atoms. The number of nitrogens with two attached hydrogens (primary N) is 1. The van der Waals surface area contributed by atoms with Crippen LogP contribution in [0.2, 0.25) is 0 Å². The zero-order chi connectivity index (χ0) is 12.8. The van der Waals surface area contributed by atoms with Gasteiger partial charge in [-0.25, -0.2) is 0 Å². The summed E-state index contributed by atoms with van der Waals surface area (Å²) in [4.78, 5) is 11.9. The second kappa shape index (κ2) is 5.88. The molecule has 0 aliphatic heterocycles. The van der Waals surface area contributed by atoms with Crippen LogP contribution in [0.3, 0.4) is 0 Å². The summed E-state index contributed by atoms with van der Waals surface area (Å²) >= 11 is 0. The maximum Gasteiger partial charge on any atom is 0.231 e. The molecule has 17 heavy (non-hydrogen) atoms. The predicted molar refractivity (Wildman–Crippen MR) is 62.2 cm³/mol. The second-order valence-corrected chi connectivity index (χ2v) is 4.07. The van der Waals surface area contributed by atoms with Crippen LogP contribution in [0, 0.1) is 11.8 Å². The molecule has 1 unspecified atom stereocenters. The maximum absolute atomic E-state index is 11.9. The monoisotopic (exact) mass is 239 g/mol. The van der Waals surface area contributed by atoms with Gasteiger partial charge >= 0.3 is 0 Å². The number of hydrogen-bond donors (Lipinski definition) is 4. The molecule has 7 nitrogen and oxygen atoms in total. The average Bonchev–Trinajstić information content (AvgIpc) is 2.78. The highest BCUT2D eigenvalue weighted by atomic mass is 16.4. The fraction of sp³-hybridized carbons (Fsp3) is 0.500. The molecule has 1 aromatic rings. The SMILES string of the molecule is CC(C)C(C(=O)NCc1cn[nH]c1)/C(N)=N/O. The van der Waals surface area contributed by atoms with E-state index in [1.165, 1.54) is 0 Å². The molecule has 1 atom stereocenters. The number of amidine groups is 1. The summed E-state index contributed by atoms with van der Waals surface area (Å²) in [6.07, 6.45) is 3.31. The third-order valence-corrected chi connectivity index (χ3v) is 2.40. The molecule has 0 fully saturated rings. The van der Waals surface area contributed by atoms with Gasteiger partial charge in [-0.3, -0.25) is 9.89 Å². The number of nitrogens with zero attached hydrogens (tertiary/aromatic N) is 2. The lowest BCUT2D eigenvalue weighted by atomic mass is 9.94. The Bertz CT molecular complexity index is 385. The number of carbonyl (C=O) groups excluding carboxylic acids is 1. The topological polar surface area (TPSA) is 116 Å². The van der Waals surface area contributed by atoms with Crippen LogP contribution in [0.1, 0.15) is 19.4 Å². The molecular formula is C10H17N5O2. The predicted octanol–water partition coefficient (Wildman–Crippen LogP) is 0.0445. The standard InChI is InChI=1S/C10H17N5O2/c1-6(2)8(9(11)15-17)10(16)12-3-7-4-13-14-5-7/h4-6,8,17H,3H2,1-2H3,(H2,11,15)(H,12,16)(H,13,14). The Hall–Kier alpha value is -2.05. The summed E-state index contributed by atoms with van der Waals surface area (Å²) in [7, 11) is 0. The van der Waals surface area contributed by atoms with Crippen molar-refractivity contribution in [3.8, 4) is 0 Å². The van der Waals surface area contributed by atoms with Gasteiger partial charge in [-0.15, -0.1) is 0 Å². The highest BCUT2D eigenvalue weighted by Gasteiger charge is 2.26. The molecule has 0 aromatic carbocycles. The summed E-state index contributed by atoms with van der Waals surface area (Å²) in [6, 6.07) is 0. The van der Waals surface area contributed by atoms with Crippen LogP contribution in [-0.4, -0.2) is 27.1 Å². The Morgan fingerprint density at radius 3 is 2.88 bits per heavy atom. The van der Waals surface area contributed by atoms with Crippen LogP contribution in [0.15, 0.2) is 17.5 Å². The Kier molecular flexibility index (Phi) is 4.50. The van der Waals surface area contributed by atoms with Crippen molar-refractivity contribution < 1.29 is 10.0 Å².